The number of likely N-dealkylation sites (N-methyl/N-ethyl adjacent to an activating group) is 1. The van der Waals surface area contributed by atoms with Crippen molar-refractivity contribution in [3.8, 4) is 6.07 Å². The molecule has 0 spiro atoms. The van der Waals surface area contributed by atoms with Gasteiger partial charge in [-0.3, -0.25) is 4.90 Å². The van der Waals surface area contributed by atoms with Crippen LogP contribution in [-0.4, -0.2) is 35.2 Å². The zero-order valence-electron chi connectivity index (χ0n) is 9.75. The van der Waals surface area contributed by atoms with Crippen LogP contribution in [-0.2, 0) is 0 Å². The summed E-state index contributed by atoms with van der Waals surface area (Å²) in [7, 11) is 1.96. The van der Waals surface area contributed by atoms with Gasteiger partial charge in [0.2, 0.25) is 0 Å². The molecule has 1 N–H and O–H groups in total. The second-order valence-corrected chi connectivity index (χ2v) is 4.06. The average molecular weight is 198 g/mol. The molecule has 0 aromatic heterocycles. The first kappa shape index (κ1) is 13.4. The highest BCUT2D eigenvalue weighted by Gasteiger charge is 2.25. The lowest BCUT2D eigenvalue weighted by molar-refractivity contribution is -0.00490. The third kappa shape index (κ3) is 4.08. The predicted molar refractivity (Wildman–Crippen MR) is 57.9 cm³/mol. The van der Waals surface area contributed by atoms with Crippen LogP contribution < -0.4 is 0 Å². The number of nitriles is 1. The van der Waals surface area contributed by atoms with Crippen LogP contribution in [0.4, 0.5) is 0 Å². The van der Waals surface area contributed by atoms with Crippen LogP contribution in [0.3, 0.4) is 0 Å². The Morgan fingerprint density at radius 1 is 1.43 bits per heavy atom. The fourth-order valence-electron chi connectivity index (χ4n) is 1.38. The molecular weight excluding hydrogens is 176 g/mol. The smallest absolute Gasteiger partial charge is 0.0768 e. The molecule has 0 fully saturated rings. The average Bonchev–Trinajstić information content (AvgIpc) is 2.18. The van der Waals surface area contributed by atoms with Gasteiger partial charge in [0, 0.05) is 12.6 Å². The van der Waals surface area contributed by atoms with Crippen molar-refractivity contribution in [1.82, 2.24) is 4.90 Å². The molecule has 3 heteroatoms. The largest absolute Gasteiger partial charge is 0.389 e. The molecule has 0 aliphatic heterocycles. The van der Waals surface area contributed by atoms with Crippen molar-refractivity contribution >= 4 is 0 Å². The maximum absolute atomic E-state index is 10.1. The van der Waals surface area contributed by atoms with E-state index in [0.29, 0.717) is 13.0 Å². The Balaban J connectivity index is 4.16. The molecule has 0 bridgehead atoms. The number of hydrogen-bond donors (Lipinski definition) is 1. The summed E-state index contributed by atoms with van der Waals surface area (Å²) in [6.45, 7) is 6.64. The normalized spacial score (nSPS) is 14.1. The molecule has 0 heterocycles. The van der Waals surface area contributed by atoms with E-state index < -0.39 is 5.60 Å². The van der Waals surface area contributed by atoms with E-state index >= 15 is 0 Å². The minimum absolute atomic E-state index is 0.213. The quantitative estimate of drug-likeness (QED) is 0.707. The maximum atomic E-state index is 10.1. The van der Waals surface area contributed by atoms with Crippen LogP contribution >= 0.6 is 0 Å². The van der Waals surface area contributed by atoms with E-state index in [1.54, 1.807) is 0 Å². The van der Waals surface area contributed by atoms with Crippen molar-refractivity contribution in [3.05, 3.63) is 0 Å². The molecule has 0 aromatic carbocycles. The first-order valence-corrected chi connectivity index (χ1v) is 5.28. The fraction of sp³-hybridized carbons (Fsp3) is 0.909. The molecule has 82 valence electrons. The summed E-state index contributed by atoms with van der Waals surface area (Å²) < 4.78 is 0. The number of aliphatic hydroxyl groups is 1. The van der Waals surface area contributed by atoms with Crippen LogP contribution in [0.15, 0.2) is 0 Å². The molecule has 0 amide bonds. The lowest BCUT2D eigenvalue weighted by atomic mass is 9.96. The van der Waals surface area contributed by atoms with E-state index in [-0.39, 0.29) is 6.04 Å². The van der Waals surface area contributed by atoms with Gasteiger partial charge in [0.1, 0.15) is 0 Å². The van der Waals surface area contributed by atoms with E-state index in [4.69, 9.17) is 5.26 Å². The molecule has 3 nitrogen and oxygen atoms in total. The number of hydrogen-bond acceptors (Lipinski definition) is 3. The number of nitrogens with zero attached hydrogens (tertiary/aromatic N) is 2. The van der Waals surface area contributed by atoms with Gasteiger partial charge < -0.3 is 5.11 Å². The molecular formula is C11H22N2O. The summed E-state index contributed by atoms with van der Waals surface area (Å²) in [4.78, 5) is 2.05. The summed E-state index contributed by atoms with van der Waals surface area (Å²) in [6, 6.07) is 2.36. The van der Waals surface area contributed by atoms with E-state index in [0.717, 1.165) is 12.8 Å². The number of rotatable bonds is 6. The van der Waals surface area contributed by atoms with Crippen LogP contribution in [0.5, 0.6) is 0 Å². The standard InChI is InChI=1S/C11H22N2O/c1-5-11(14,6-2)9-13(4)10(3)7-8-12/h10,14H,5-7,9H2,1-4H3. The molecule has 0 aliphatic carbocycles. The Kier molecular flexibility index (Phi) is 5.75. The lowest BCUT2D eigenvalue weighted by Gasteiger charge is -2.33. The third-order valence-electron chi connectivity index (χ3n) is 3.00. The Morgan fingerprint density at radius 3 is 2.29 bits per heavy atom. The van der Waals surface area contributed by atoms with Gasteiger partial charge in [-0.1, -0.05) is 13.8 Å². The van der Waals surface area contributed by atoms with Gasteiger partial charge in [0.05, 0.1) is 18.1 Å². The Bertz CT molecular complexity index is 194. The van der Waals surface area contributed by atoms with Gasteiger partial charge in [0.25, 0.3) is 0 Å². The summed E-state index contributed by atoms with van der Waals surface area (Å²) in [5.74, 6) is 0. The molecule has 0 aromatic rings. The maximum Gasteiger partial charge on any atom is 0.0768 e. The molecule has 1 atom stereocenters. The molecule has 0 saturated carbocycles. The minimum Gasteiger partial charge on any atom is -0.389 e. The molecule has 0 saturated heterocycles. The zero-order valence-corrected chi connectivity index (χ0v) is 9.75. The van der Waals surface area contributed by atoms with Crippen molar-refractivity contribution in [2.24, 2.45) is 0 Å². The van der Waals surface area contributed by atoms with E-state index in [1.165, 1.54) is 0 Å². The van der Waals surface area contributed by atoms with Crippen molar-refractivity contribution < 1.29 is 5.11 Å². The third-order valence-corrected chi connectivity index (χ3v) is 3.00. The molecule has 14 heavy (non-hydrogen) atoms. The Morgan fingerprint density at radius 2 is 1.93 bits per heavy atom. The van der Waals surface area contributed by atoms with Gasteiger partial charge in [-0.05, 0) is 26.8 Å². The first-order valence-electron chi connectivity index (χ1n) is 5.28. The summed E-state index contributed by atoms with van der Waals surface area (Å²) >= 11 is 0. The van der Waals surface area contributed by atoms with Gasteiger partial charge in [-0.25, -0.2) is 0 Å². The second kappa shape index (κ2) is 6.00. The van der Waals surface area contributed by atoms with Crippen molar-refractivity contribution in [2.45, 2.75) is 51.7 Å². The summed E-state index contributed by atoms with van der Waals surface area (Å²) in [5, 5.41) is 18.7. The Hall–Kier alpha value is -0.590. The molecule has 0 rings (SSSR count). The SMILES string of the molecule is CCC(O)(CC)CN(C)C(C)CC#N. The van der Waals surface area contributed by atoms with Crippen molar-refractivity contribution in [1.29, 1.82) is 5.26 Å². The highest BCUT2D eigenvalue weighted by Crippen LogP contribution is 2.17. The van der Waals surface area contributed by atoms with E-state index in [2.05, 4.69) is 11.0 Å². The predicted octanol–water partition coefficient (Wildman–Crippen LogP) is 1.77. The van der Waals surface area contributed by atoms with E-state index in [1.807, 2.05) is 27.8 Å². The Labute approximate surface area is 87.3 Å². The van der Waals surface area contributed by atoms with Crippen LogP contribution in [0, 0.1) is 11.3 Å². The topological polar surface area (TPSA) is 47.3 Å². The van der Waals surface area contributed by atoms with Crippen LogP contribution in [0.2, 0.25) is 0 Å². The summed E-state index contributed by atoms with van der Waals surface area (Å²) in [6.07, 6.45) is 2.03. The highest BCUT2D eigenvalue weighted by molar-refractivity contribution is 4.84. The fourth-order valence-corrected chi connectivity index (χ4v) is 1.38. The van der Waals surface area contributed by atoms with Gasteiger partial charge in [-0.2, -0.15) is 5.26 Å². The molecule has 0 aliphatic rings. The highest BCUT2D eigenvalue weighted by atomic mass is 16.3. The van der Waals surface area contributed by atoms with Gasteiger partial charge in [0.15, 0.2) is 0 Å². The lowest BCUT2D eigenvalue weighted by Crippen LogP contribution is -2.43. The van der Waals surface area contributed by atoms with Crippen LogP contribution in [0.1, 0.15) is 40.0 Å². The minimum atomic E-state index is -0.599. The zero-order chi connectivity index (χ0) is 11.2. The van der Waals surface area contributed by atoms with Crippen molar-refractivity contribution in [3.63, 3.8) is 0 Å². The van der Waals surface area contributed by atoms with Gasteiger partial charge >= 0.3 is 0 Å². The molecule has 1 unspecified atom stereocenters. The molecule has 0 radical (unpaired) electrons. The van der Waals surface area contributed by atoms with Crippen LogP contribution in [0.25, 0.3) is 0 Å². The van der Waals surface area contributed by atoms with Crippen molar-refractivity contribution in [2.75, 3.05) is 13.6 Å². The summed E-state index contributed by atoms with van der Waals surface area (Å²) in [5.41, 5.74) is -0.599. The van der Waals surface area contributed by atoms with Gasteiger partial charge in [-0.15, -0.1) is 0 Å². The monoisotopic (exact) mass is 198 g/mol. The van der Waals surface area contributed by atoms with E-state index in [9.17, 15) is 5.11 Å². The first-order chi connectivity index (χ1) is 6.49. The second-order valence-electron chi connectivity index (χ2n) is 4.06.